The van der Waals surface area contributed by atoms with E-state index in [0.717, 1.165) is 37.7 Å². The molecular formula is C20H24N2O3S. The molecule has 0 heterocycles. The highest BCUT2D eigenvalue weighted by Gasteiger charge is 2.22. The van der Waals surface area contributed by atoms with Crippen LogP contribution in [0.1, 0.15) is 41.6 Å². The fourth-order valence-electron chi connectivity index (χ4n) is 3.18. The number of rotatable bonds is 7. The molecule has 1 fully saturated rings. The smallest absolute Gasteiger partial charge is 0.251 e. The second-order valence-electron chi connectivity index (χ2n) is 6.62. The number of amides is 1. The maximum Gasteiger partial charge on any atom is 0.251 e. The summed E-state index contributed by atoms with van der Waals surface area (Å²) in [6.07, 6.45) is 4.66. The van der Waals surface area contributed by atoms with Crippen LogP contribution in [0.5, 0.6) is 0 Å². The molecule has 1 amide bonds. The topological polar surface area (TPSA) is 75.3 Å². The summed E-state index contributed by atoms with van der Waals surface area (Å²) in [6.45, 7) is 0.534. The van der Waals surface area contributed by atoms with Crippen molar-refractivity contribution in [1.29, 1.82) is 0 Å². The van der Waals surface area contributed by atoms with Crippen molar-refractivity contribution in [2.75, 3.05) is 6.54 Å². The summed E-state index contributed by atoms with van der Waals surface area (Å²) >= 11 is 0. The van der Waals surface area contributed by atoms with Gasteiger partial charge in [0.25, 0.3) is 5.91 Å². The highest BCUT2D eigenvalue weighted by Crippen LogP contribution is 2.20. The van der Waals surface area contributed by atoms with Crippen LogP contribution >= 0.6 is 0 Å². The first kappa shape index (κ1) is 18.6. The van der Waals surface area contributed by atoms with E-state index in [1.807, 2.05) is 30.3 Å². The van der Waals surface area contributed by atoms with Gasteiger partial charge in [-0.15, -0.1) is 0 Å². The van der Waals surface area contributed by atoms with Gasteiger partial charge < -0.3 is 5.32 Å². The van der Waals surface area contributed by atoms with E-state index < -0.39 is 10.0 Å². The lowest BCUT2D eigenvalue weighted by atomic mass is 10.1. The number of hydrogen-bond donors (Lipinski definition) is 2. The van der Waals surface area contributed by atoms with E-state index in [4.69, 9.17) is 0 Å². The zero-order valence-electron chi connectivity index (χ0n) is 14.6. The number of benzene rings is 2. The Morgan fingerprint density at radius 3 is 2.27 bits per heavy atom. The molecule has 6 heteroatoms. The van der Waals surface area contributed by atoms with E-state index in [2.05, 4.69) is 10.0 Å². The summed E-state index contributed by atoms with van der Waals surface area (Å²) in [5, 5.41) is 2.86. The highest BCUT2D eigenvalue weighted by atomic mass is 32.2. The van der Waals surface area contributed by atoms with Crippen molar-refractivity contribution in [3.05, 3.63) is 65.7 Å². The van der Waals surface area contributed by atoms with Gasteiger partial charge in [0.15, 0.2) is 0 Å². The minimum Gasteiger partial charge on any atom is -0.352 e. The van der Waals surface area contributed by atoms with Crippen molar-refractivity contribution in [3.8, 4) is 0 Å². The van der Waals surface area contributed by atoms with Crippen molar-refractivity contribution < 1.29 is 13.2 Å². The molecule has 2 aromatic carbocycles. The molecule has 5 nitrogen and oxygen atoms in total. The van der Waals surface area contributed by atoms with Crippen molar-refractivity contribution in [1.82, 2.24) is 10.0 Å². The molecule has 1 saturated carbocycles. The Kier molecular flexibility index (Phi) is 6.06. The molecule has 0 bridgehead atoms. The van der Waals surface area contributed by atoms with E-state index in [-0.39, 0.29) is 16.8 Å². The monoisotopic (exact) mass is 372 g/mol. The molecule has 0 saturated heterocycles. The lowest BCUT2D eigenvalue weighted by Crippen LogP contribution is -2.32. The predicted molar refractivity (Wildman–Crippen MR) is 101 cm³/mol. The number of nitrogens with one attached hydrogen (secondary N) is 2. The molecule has 138 valence electrons. The molecule has 26 heavy (non-hydrogen) atoms. The summed E-state index contributed by atoms with van der Waals surface area (Å²) in [4.78, 5) is 12.4. The van der Waals surface area contributed by atoms with Gasteiger partial charge in [0, 0.05) is 18.2 Å². The van der Waals surface area contributed by atoms with E-state index in [1.54, 1.807) is 12.1 Å². The Labute approximate surface area is 154 Å². The quantitative estimate of drug-likeness (QED) is 0.785. The molecule has 0 aliphatic heterocycles. The van der Waals surface area contributed by atoms with Gasteiger partial charge >= 0.3 is 0 Å². The van der Waals surface area contributed by atoms with Gasteiger partial charge in [-0.25, -0.2) is 13.1 Å². The lowest BCUT2D eigenvalue weighted by Gasteiger charge is -2.13. The molecule has 3 rings (SSSR count). The summed E-state index contributed by atoms with van der Waals surface area (Å²) in [6, 6.07) is 16.0. The standard InChI is InChI=1S/C20H24N2O3S/c23-20(21-15-14-16-6-2-1-3-7-16)17-10-12-19(13-11-17)26(24,25)22-18-8-4-5-9-18/h1-3,6-7,10-13,18,22H,4-5,8-9,14-15H2,(H,21,23). The minimum atomic E-state index is -3.52. The van der Waals surface area contributed by atoms with Crippen LogP contribution in [0.3, 0.4) is 0 Å². The van der Waals surface area contributed by atoms with Crippen LogP contribution in [0.25, 0.3) is 0 Å². The van der Waals surface area contributed by atoms with Gasteiger partial charge in [-0.05, 0) is 49.1 Å². The van der Waals surface area contributed by atoms with Crippen LogP contribution in [-0.2, 0) is 16.4 Å². The Balaban J connectivity index is 1.55. The van der Waals surface area contributed by atoms with Crippen molar-refractivity contribution >= 4 is 15.9 Å². The van der Waals surface area contributed by atoms with E-state index in [1.165, 1.54) is 12.1 Å². The maximum absolute atomic E-state index is 12.4. The Hall–Kier alpha value is -2.18. The van der Waals surface area contributed by atoms with Gasteiger partial charge in [-0.2, -0.15) is 0 Å². The molecule has 0 atom stereocenters. The van der Waals surface area contributed by atoms with Gasteiger partial charge in [0.2, 0.25) is 10.0 Å². The van der Waals surface area contributed by atoms with E-state index >= 15 is 0 Å². The van der Waals surface area contributed by atoms with Crippen molar-refractivity contribution in [2.45, 2.75) is 43.0 Å². The second kappa shape index (κ2) is 8.47. The summed E-state index contributed by atoms with van der Waals surface area (Å²) < 4.78 is 27.5. The van der Waals surface area contributed by atoms with Crippen LogP contribution in [0.15, 0.2) is 59.5 Å². The molecule has 2 N–H and O–H groups in total. The summed E-state index contributed by atoms with van der Waals surface area (Å²) in [5.74, 6) is -0.200. The Bertz CT molecular complexity index is 827. The number of hydrogen-bond acceptors (Lipinski definition) is 3. The Morgan fingerprint density at radius 1 is 0.962 bits per heavy atom. The van der Waals surface area contributed by atoms with Crippen LogP contribution in [0, 0.1) is 0 Å². The lowest BCUT2D eigenvalue weighted by molar-refractivity contribution is 0.0954. The maximum atomic E-state index is 12.4. The SMILES string of the molecule is O=C(NCCc1ccccc1)c1ccc(S(=O)(=O)NC2CCCC2)cc1. The number of carbonyl (C=O) groups is 1. The fourth-order valence-corrected chi connectivity index (χ4v) is 4.49. The van der Waals surface area contributed by atoms with Crippen LogP contribution < -0.4 is 10.0 Å². The minimum absolute atomic E-state index is 0.0287. The summed E-state index contributed by atoms with van der Waals surface area (Å²) in [7, 11) is -3.52. The zero-order valence-corrected chi connectivity index (χ0v) is 15.5. The molecule has 1 aliphatic rings. The first-order chi connectivity index (χ1) is 12.5. The van der Waals surface area contributed by atoms with Crippen LogP contribution in [0.4, 0.5) is 0 Å². The molecule has 0 radical (unpaired) electrons. The van der Waals surface area contributed by atoms with Gasteiger partial charge in [-0.1, -0.05) is 43.2 Å². The molecule has 2 aromatic rings. The third-order valence-corrected chi connectivity index (χ3v) is 6.18. The van der Waals surface area contributed by atoms with Crippen LogP contribution in [0.2, 0.25) is 0 Å². The largest absolute Gasteiger partial charge is 0.352 e. The predicted octanol–water partition coefficient (Wildman–Crippen LogP) is 2.88. The third-order valence-electron chi connectivity index (χ3n) is 4.65. The molecule has 0 spiro atoms. The average molecular weight is 372 g/mol. The number of sulfonamides is 1. The molecule has 0 unspecified atom stereocenters. The van der Waals surface area contributed by atoms with Gasteiger partial charge in [-0.3, -0.25) is 4.79 Å². The summed E-state index contributed by atoms with van der Waals surface area (Å²) in [5.41, 5.74) is 1.62. The van der Waals surface area contributed by atoms with Crippen LogP contribution in [-0.4, -0.2) is 26.9 Å². The van der Waals surface area contributed by atoms with E-state index in [0.29, 0.717) is 12.1 Å². The molecule has 0 aromatic heterocycles. The number of carbonyl (C=O) groups excluding carboxylic acids is 1. The van der Waals surface area contributed by atoms with Gasteiger partial charge in [0.1, 0.15) is 0 Å². The second-order valence-corrected chi connectivity index (χ2v) is 8.33. The van der Waals surface area contributed by atoms with Crippen molar-refractivity contribution in [3.63, 3.8) is 0 Å². The fraction of sp³-hybridized carbons (Fsp3) is 0.350. The van der Waals surface area contributed by atoms with E-state index in [9.17, 15) is 13.2 Å². The third kappa shape index (κ3) is 4.93. The average Bonchev–Trinajstić information content (AvgIpc) is 3.15. The molecule has 1 aliphatic carbocycles. The highest BCUT2D eigenvalue weighted by molar-refractivity contribution is 7.89. The van der Waals surface area contributed by atoms with Gasteiger partial charge in [0.05, 0.1) is 4.90 Å². The first-order valence-electron chi connectivity index (χ1n) is 8.99. The molecular weight excluding hydrogens is 348 g/mol. The Morgan fingerprint density at radius 2 is 1.62 bits per heavy atom. The first-order valence-corrected chi connectivity index (χ1v) is 10.5. The normalized spacial score (nSPS) is 15.1. The van der Waals surface area contributed by atoms with Crippen molar-refractivity contribution in [2.24, 2.45) is 0 Å². The zero-order chi connectivity index (χ0) is 18.4.